The molecule has 5 heteroatoms. The Bertz CT molecular complexity index is 239. The molecule has 3 N–H and O–H groups in total. The number of amides is 2. The highest BCUT2D eigenvalue weighted by Crippen LogP contribution is 2.01. The first-order chi connectivity index (χ1) is 7.34. The second-order valence-corrected chi connectivity index (χ2v) is 4.35. The molecule has 0 spiro atoms. The van der Waals surface area contributed by atoms with Crippen molar-refractivity contribution in [2.24, 2.45) is 5.92 Å². The van der Waals surface area contributed by atoms with Crippen LogP contribution in [0.15, 0.2) is 0 Å². The van der Waals surface area contributed by atoms with Gasteiger partial charge in [0.25, 0.3) is 0 Å². The fourth-order valence-electron chi connectivity index (χ4n) is 1.27. The molecule has 0 bridgehead atoms. The first-order valence-electron chi connectivity index (χ1n) is 5.57. The number of carbonyl (C=O) groups is 2. The average molecular weight is 230 g/mol. The van der Waals surface area contributed by atoms with Crippen LogP contribution in [-0.4, -0.2) is 35.6 Å². The Kier molecular flexibility index (Phi) is 6.72. The van der Waals surface area contributed by atoms with E-state index in [2.05, 4.69) is 10.6 Å². The summed E-state index contributed by atoms with van der Waals surface area (Å²) in [5, 5.41) is 14.3. The molecule has 16 heavy (non-hydrogen) atoms. The number of hydrogen-bond acceptors (Lipinski definition) is 3. The predicted molar refractivity (Wildman–Crippen MR) is 61.8 cm³/mol. The smallest absolute Gasteiger partial charge is 0.242 e. The maximum Gasteiger partial charge on any atom is 0.242 e. The molecule has 5 nitrogen and oxygen atoms in total. The lowest BCUT2D eigenvalue weighted by atomic mass is 10.0. The minimum absolute atomic E-state index is 0.0375. The summed E-state index contributed by atoms with van der Waals surface area (Å²) in [5.74, 6) is -0.384. The lowest BCUT2D eigenvalue weighted by Gasteiger charge is -2.21. The molecule has 0 aromatic heterocycles. The minimum Gasteiger partial charge on any atom is -0.393 e. The number of nitrogens with one attached hydrogen (secondary N) is 2. The van der Waals surface area contributed by atoms with Gasteiger partial charge in [-0.3, -0.25) is 9.59 Å². The van der Waals surface area contributed by atoms with Crippen LogP contribution in [0.1, 0.15) is 34.1 Å². The lowest BCUT2D eigenvalue weighted by molar-refractivity contribution is -0.129. The van der Waals surface area contributed by atoms with E-state index in [1.54, 1.807) is 6.92 Å². The summed E-state index contributed by atoms with van der Waals surface area (Å²) >= 11 is 0. The molecule has 0 aliphatic carbocycles. The van der Waals surface area contributed by atoms with Gasteiger partial charge in [-0.05, 0) is 19.3 Å². The minimum atomic E-state index is -0.508. The van der Waals surface area contributed by atoms with Gasteiger partial charge >= 0.3 is 0 Å². The van der Waals surface area contributed by atoms with E-state index in [4.69, 9.17) is 5.11 Å². The van der Waals surface area contributed by atoms with Gasteiger partial charge in [-0.25, -0.2) is 0 Å². The van der Waals surface area contributed by atoms with Crippen molar-refractivity contribution in [3.05, 3.63) is 0 Å². The summed E-state index contributed by atoms with van der Waals surface area (Å²) in [6.45, 7) is 7.21. The molecule has 94 valence electrons. The Morgan fingerprint density at radius 1 is 1.25 bits per heavy atom. The van der Waals surface area contributed by atoms with Crippen LogP contribution in [0.2, 0.25) is 0 Å². The Morgan fingerprint density at radius 2 is 1.81 bits per heavy atom. The van der Waals surface area contributed by atoms with Crippen LogP contribution in [0, 0.1) is 5.92 Å². The van der Waals surface area contributed by atoms with Crippen molar-refractivity contribution in [1.82, 2.24) is 10.6 Å². The van der Waals surface area contributed by atoms with Crippen LogP contribution >= 0.6 is 0 Å². The van der Waals surface area contributed by atoms with Crippen LogP contribution in [-0.2, 0) is 9.59 Å². The second kappa shape index (κ2) is 7.22. The SMILES string of the molecule is CC(=O)NC(C(=O)NCCC(C)O)C(C)C. The van der Waals surface area contributed by atoms with Crippen LogP contribution in [0.4, 0.5) is 0 Å². The molecular formula is C11H22N2O3. The van der Waals surface area contributed by atoms with Gasteiger partial charge in [0.05, 0.1) is 6.10 Å². The molecule has 0 aliphatic rings. The largest absolute Gasteiger partial charge is 0.393 e. The van der Waals surface area contributed by atoms with Crippen molar-refractivity contribution >= 4 is 11.8 Å². The van der Waals surface area contributed by atoms with Gasteiger partial charge in [-0.1, -0.05) is 13.8 Å². The van der Waals surface area contributed by atoms with Crippen molar-refractivity contribution in [2.75, 3.05) is 6.54 Å². The zero-order chi connectivity index (χ0) is 12.7. The normalized spacial score (nSPS) is 14.4. The zero-order valence-electron chi connectivity index (χ0n) is 10.4. The van der Waals surface area contributed by atoms with Crippen molar-refractivity contribution in [1.29, 1.82) is 0 Å². The quantitative estimate of drug-likeness (QED) is 0.602. The number of aliphatic hydroxyl groups excluding tert-OH is 1. The monoisotopic (exact) mass is 230 g/mol. The van der Waals surface area contributed by atoms with Crippen molar-refractivity contribution in [2.45, 2.75) is 46.3 Å². The van der Waals surface area contributed by atoms with E-state index in [0.29, 0.717) is 13.0 Å². The van der Waals surface area contributed by atoms with E-state index < -0.39 is 12.1 Å². The van der Waals surface area contributed by atoms with Gasteiger partial charge in [0, 0.05) is 13.5 Å². The number of aliphatic hydroxyl groups is 1. The molecule has 2 amide bonds. The molecule has 0 aliphatic heterocycles. The highest BCUT2D eigenvalue weighted by molar-refractivity contribution is 5.86. The Labute approximate surface area is 96.6 Å². The van der Waals surface area contributed by atoms with E-state index in [0.717, 1.165) is 0 Å². The molecule has 0 rings (SSSR count). The van der Waals surface area contributed by atoms with Gasteiger partial charge in [0.1, 0.15) is 6.04 Å². The van der Waals surface area contributed by atoms with Gasteiger partial charge in [-0.15, -0.1) is 0 Å². The van der Waals surface area contributed by atoms with Crippen LogP contribution in [0.3, 0.4) is 0 Å². The molecule has 2 unspecified atom stereocenters. The molecular weight excluding hydrogens is 208 g/mol. The highest BCUT2D eigenvalue weighted by atomic mass is 16.3. The zero-order valence-corrected chi connectivity index (χ0v) is 10.4. The van der Waals surface area contributed by atoms with Crippen LogP contribution in [0.5, 0.6) is 0 Å². The van der Waals surface area contributed by atoms with Gasteiger partial charge in [-0.2, -0.15) is 0 Å². The van der Waals surface area contributed by atoms with Crippen molar-refractivity contribution in [3.8, 4) is 0 Å². The van der Waals surface area contributed by atoms with Crippen LogP contribution in [0.25, 0.3) is 0 Å². The topological polar surface area (TPSA) is 78.4 Å². The molecule has 0 fully saturated rings. The summed E-state index contributed by atoms with van der Waals surface area (Å²) in [5.41, 5.74) is 0. The fourth-order valence-corrected chi connectivity index (χ4v) is 1.27. The third-order valence-electron chi connectivity index (χ3n) is 2.17. The fraction of sp³-hybridized carbons (Fsp3) is 0.818. The Hall–Kier alpha value is -1.10. The van der Waals surface area contributed by atoms with E-state index in [9.17, 15) is 9.59 Å². The maximum atomic E-state index is 11.7. The molecule has 0 heterocycles. The average Bonchev–Trinajstić information content (AvgIpc) is 2.12. The van der Waals surface area contributed by atoms with Crippen molar-refractivity contribution in [3.63, 3.8) is 0 Å². The lowest BCUT2D eigenvalue weighted by Crippen LogP contribution is -2.49. The highest BCUT2D eigenvalue weighted by Gasteiger charge is 2.22. The predicted octanol–water partition coefficient (Wildman–Crippen LogP) is 0.0342. The third kappa shape index (κ3) is 6.40. The number of hydrogen-bond donors (Lipinski definition) is 3. The first-order valence-corrected chi connectivity index (χ1v) is 5.57. The molecule has 0 radical (unpaired) electrons. The van der Waals surface area contributed by atoms with E-state index in [1.165, 1.54) is 6.92 Å². The van der Waals surface area contributed by atoms with E-state index >= 15 is 0 Å². The van der Waals surface area contributed by atoms with Gasteiger partial charge < -0.3 is 15.7 Å². The molecule has 2 atom stereocenters. The Morgan fingerprint density at radius 3 is 2.19 bits per heavy atom. The second-order valence-electron chi connectivity index (χ2n) is 4.35. The summed E-state index contributed by atoms with van der Waals surface area (Å²) in [7, 11) is 0. The maximum absolute atomic E-state index is 11.7. The molecule has 0 aromatic rings. The number of rotatable bonds is 6. The van der Waals surface area contributed by atoms with Gasteiger partial charge in [0.2, 0.25) is 11.8 Å². The molecule has 0 aromatic carbocycles. The summed E-state index contributed by atoms with van der Waals surface area (Å²) in [6, 6.07) is -0.508. The Balaban J connectivity index is 4.12. The summed E-state index contributed by atoms with van der Waals surface area (Å²) in [6.07, 6.45) is 0.0787. The van der Waals surface area contributed by atoms with E-state index in [-0.39, 0.29) is 17.7 Å². The van der Waals surface area contributed by atoms with E-state index in [1.807, 2.05) is 13.8 Å². The number of carbonyl (C=O) groups excluding carboxylic acids is 2. The van der Waals surface area contributed by atoms with Crippen molar-refractivity contribution < 1.29 is 14.7 Å². The summed E-state index contributed by atoms with van der Waals surface area (Å²) < 4.78 is 0. The first kappa shape index (κ1) is 14.9. The summed E-state index contributed by atoms with van der Waals surface area (Å²) in [4.78, 5) is 22.6. The van der Waals surface area contributed by atoms with Crippen LogP contribution < -0.4 is 10.6 Å². The molecule has 0 saturated heterocycles. The van der Waals surface area contributed by atoms with Gasteiger partial charge in [0.15, 0.2) is 0 Å². The molecule has 0 saturated carbocycles. The standard InChI is InChI=1S/C11H22N2O3/c1-7(2)10(13-9(4)15)11(16)12-6-5-8(3)14/h7-8,10,14H,5-6H2,1-4H3,(H,12,16)(H,13,15). The third-order valence-corrected chi connectivity index (χ3v) is 2.17.